The van der Waals surface area contributed by atoms with Gasteiger partial charge in [0, 0.05) is 19.6 Å². The molecule has 0 aromatic rings. The summed E-state index contributed by atoms with van der Waals surface area (Å²) in [6.45, 7) is 10.1. The largest absolute Gasteiger partial charge is 0.379 e. The first-order valence-corrected chi connectivity index (χ1v) is 9.16. The highest BCUT2D eigenvalue weighted by atomic mass is 16.5. The first-order valence-electron chi connectivity index (χ1n) is 9.16. The van der Waals surface area contributed by atoms with Crippen molar-refractivity contribution in [3.63, 3.8) is 0 Å². The van der Waals surface area contributed by atoms with Gasteiger partial charge in [-0.05, 0) is 18.8 Å². The average Bonchev–Trinajstić information content (AvgIpc) is 2.49. The molecule has 0 unspecified atom stereocenters. The third kappa shape index (κ3) is 8.97. The third-order valence-corrected chi connectivity index (χ3v) is 4.55. The Bertz CT molecular complexity index is 190. The van der Waals surface area contributed by atoms with Gasteiger partial charge in [0.1, 0.15) is 0 Å². The first-order chi connectivity index (χ1) is 9.86. The monoisotopic (exact) mass is 283 g/mol. The van der Waals surface area contributed by atoms with Gasteiger partial charge in [-0.25, -0.2) is 0 Å². The maximum Gasteiger partial charge on any atom is 0.0594 e. The van der Waals surface area contributed by atoms with Gasteiger partial charge in [-0.3, -0.25) is 4.90 Å². The Morgan fingerprint density at radius 2 is 1.35 bits per heavy atom. The van der Waals surface area contributed by atoms with Gasteiger partial charge in [0.2, 0.25) is 0 Å². The number of rotatable bonds is 12. The Hall–Kier alpha value is -0.0800. The van der Waals surface area contributed by atoms with E-state index in [2.05, 4.69) is 18.7 Å². The molecule has 1 aliphatic heterocycles. The molecular weight excluding hydrogens is 246 g/mol. The van der Waals surface area contributed by atoms with Crippen molar-refractivity contribution in [2.75, 3.05) is 32.8 Å². The molecule has 120 valence electrons. The predicted molar refractivity (Wildman–Crippen MR) is 88.3 cm³/mol. The van der Waals surface area contributed by atoms with Crippen molar-refractivity contribution in [3.8, 4) is 0 Å². The maximum atomic E-state index is 5.47. The molecule has 0 saturated carbocycles. The van der Waals surface area contributed by atoms with Gasteiger partial charge in [0.05, 0.1) is 13.2 Å². The van der Waals surface area contributed by atoms with Crippen molar-refractivity contribution < 1.29 is 4.74 Å². The van der Waals surface area contributed by atoms with Crippen molar-refractivity contribution >= 4 is 0 Å². The summed E-state index contributed by atoms with van der Waals surface area (Å²) in [6.07, 6.45) is 14.2. The molecular formula is C18H37NO. The Morgan fingerprint density at radius 1 is 0.800 bits per heavy atom. The molecule has 0 aromatic carbocycles. The minimum absolute atomic E-state index is 0.932. The lowest BCUT2D eigenvalue weighted by Gasteiger charge is -2.30. The molecule has 2 nitrogen and oxygen atoms in total. The molecule has 1 aliphatic rings. The summed E-state index contributed by atoms with van der Waals surface area (Å²) in [7, 11) is 0. The molecule has 1 fully saturated rings. The highest BCUT2D eigenvalue weighted by Gasteiger charge is 2.16. The van der Waals surface area contributed by atoms with Gasteiger partial charge in [-0.1, -0.05) is 65.2 Å². The summed E-state index contributed by atoms with van der Waals surface area (Å²) < 4.78 is 5.47. The molecule has 0 spiro atoms. The van der Waals surface area contributed by atoms with Crippen LogP contribution in [0.25, 0.3) is 0 Å². The molecule has 1 heterocycles. The molecule has 0 aromatic heterocycles. The molecule has 0 N–H and O–H groups in total. The van der Waals surface area contributed by atoms with Crippen molar-refractivity contribution in [1.29, 1.82) is 0 Å². The van der Waals surface area contributed by atoms with E-state index in [1.807, 2.05) is 0 Å². The standard InChI is InChI=1S/C18H37NO/c1-3-5-7-9-11-18(12-10-8-6-4-2)17-19-13-15-20-16-14-19/h18H,3-17H2,1-2H3. The Morgan fingerprint density at radius 3 is 1.85 bits per heavy atom. The topological polar surface area (TPSA) is 12.5 Å². The lowest BCUT2D eigenvalue weighted by Crippen LogP contribution is -2.39. The van der Waals surface area contributed by atoms with Crippen LogP contribution in [0.5, 0.6) is 0 Å². The fourth-order valence-corrected chi connectivity index (χ4v) is 3.20. The molecule has 0 aliphatic carbocycles. The third-order valence-electron chi connectivity index (χ3n) is 4.55. The van der Waals surface area contributed by atoms with Crippen LogP contribution in [0.3, 0.4) is 0 Å². The second-order valence-electron chi connectivity index (χ2n) is 6.48. The van der Waals surface area contributed by atoms with Crippen LogP contribution >= 0.6 is 0 Å². The highest BCUT2D eigenvalue weighted by molar-refractivity contribution is 4.69. The lowest BCUT2D eigenvalue weighted by atomic mass is 9.94. The number of nitrogens with zero attached hydrogens (tertiary/aromatic N) is 1. The Labute approximate surface area is 127 Å². The van der Waals surface area contributed by atoms with Gasteiger partial charge >= 0.3 is 0 Å². The summed E-state index contributed by atoms with van der Waals surface area (Å²) in [4.78, 5) is 2.63. The summed E-state index contributed by atoms with van der Waals surface area (Å²) in [5, 5.41) is 0. The maximum absolute atomic E-state index is 5.47. The zero-order chi connectivity index (χ0) is 14.5. The summed E-state index contributed by atoms with van der Waals surface area (Å²) in [5.74, 6) is 0.932. The molecule has 0 bridgehead atoms. The first kappa shape index (κ1) is 18.0. The van der Waals surface area contributed by atoms with Crippen LogP contribution in [0, 0.1) is 5.92 Å². The number of hydrogen-bond acceptors (Lipinski definition) is 2. The van der Waals surface area contributed by atoms with E-state index >= 15 is 0 Å². The molecule has 0 atom stereocenters. The van der Waals surface area contributed by atoms with E-state index in [1.165, 1.54) is 70.8 Å². The summed E-state index contributed by atoms with van der Waals surface area (Å²) >= 11 is 0. The highest BCUT2D eigenvalue weighted by Crippen LogP contribution is 2.20. The van der Waals surface area contributed by atoms with Crippen LogP contribution in [0.1, 0.15) is 78.1 Å². The summed E-state index contributed by atoms with van der Waals surface area (Å²) in [5.41, 5.74) is 0. The molecule has 0 amide bonds. The van der Waals surface area contributed by atoms with Gasteiger partial charge in [-0.2, -0.15) is 0 Å². The van der Waals surface area contributed by atoms with Crippen molar-refractivity contribution in [3.05, 3.63) is 0 Å². The number of hydrogen-bond donors (Lipinski definition) is 0. The minimum Gasteiger partial charge on any atom is -0.379 e. The number of unbranched alkanes of at least 4 members (excludes halogenated alkanes) is 6. The van der Waals surface area contributed by atoms with E-state index in [0.29, 0.717) is 0 Å². The zero-order valence-electron chi connectivity index (χ0n) is 14.0. The average molecular weight is 284 g/mol. The van der Waals surface area contributed by atoms with Crippen LogP contribution in [0.2, 0.25) is 0 Å². The van der Waals surface area contributed by atoms with E-state index in [9.17, 15) is 0 Å². The SMILES string of the molecule is CCCCCCC(CCCCCC)CN1CCOCC1. The van der Waals surface area contributed by atoms with Gasteiger partial charge in [0.25, 0.3) is 0 Å². The van der Waals surface area contributed by atoms with Crippen molar-refractivity contribution in [2.45, 2.75) is 78.1 Å². The number of ether oxygens (including phenoxy) is 1. The smallest absolute Gasteiger partial charge is 0.0594 e. The Balaban J connectivity index is 2.21. The molecule has 1 rings (SSSR count). The van der Waals surface area contributed by atoms with Crippen LogP contribution < -0.4 is 0 Å². The number of morpholine rings is 1. The quantitative estimate of drug-likeness (QED) is 0.473. The minimum atomic E-state index is 0.932. The zero-order valence-corrected chi connectivity index (χ0v) is 14.0. The summed E-state index contributed by atoms with van der Waals surface area (Å²) in [6, 6.07) is 0. The van der Waals surface area contributed by atoms with Crippen molar-refractivity contribution in [1.82, 2.24) is 4.90 Å². The van der Waals surface area contributed by atoms with Crippen LogP contribution in [0.4, 0.5) is 0 Å². The van der Waals surface area contributed by atoms with E-state index < -0.39 is 0 Å². The van der Waals surface area contributed by atoms with Crippen LogP contribution in [-0.4, -0.2) is 37.7 Å². The lowest BCUT2D eigenvalue weighted by molar-refractivity contribution is 0.0290. The van der Waals surface area contributed by atoms with E-state index in [1.54, 1.807) is 0 Å². The molecule has 20 heavy (non-hydrogen) atoms. The molecule has 1 saturated heterocycles. The fraction of sp³-hybridized carbons (Fsp3) is 1.00. The van der Waals surface area contributed by atoms with Gasteiger partial charge in [-0.15, -0.1) is 0 Å². The predicted octanol–water partition coefficient (Wildman–Crippen LogP) is 4.88. The fourth-order valence-electron chi connectivity index (χ4n) is 3.20. The second-order valence-corrected chi connectivity index (χ2v) is 6.48. The Kier molecular flexibility index (Phi) is 11.4. The van der Waals surface area contributed by atoms with Gasteiger partial charge < -0.3 is 4.74 Å². The molecule has 0 radical (unpaired) electrons. The second kappa shape index (κ2) is 12.6. The van der Waals surface area contributed by atoms with E-state index in [4.69, 9.17) is 4.74 Å². The molecule has 2 heteroatoms. The van der Waals surface area contributed by atoms with Crippen LogP contribution in [0.15, 0.2) is 0 Å². The van der Waals surface area contributed by atoms with E-state index in [-0.39, 0.29) is 0 Å². The normalized spacial score (nSPS) is 16.9. The van der Waals surface area contributed by atoms with E-state index in [0.717, 1.165) is 32.2 Å². The van der Waals surface area contributed by atoms with Crippen molar-refractivity contribution in [2.24, 2.45) is 5.92 Å². The van der Waals surface area contributed by atoms with Gasteiger partial charge in [0.15, 0.2) is 0 Å². The van der Waals surface area contributed by atoms with Crippen LogP contribution in [-0.2, 0) is 4.74 Å².